The van der Waals surface area contributed by atoms with Crippen molar-refractivity contribution in [2.45, 2.75) is 4.90 Å². The Morgan fingerprint density at radius 3 is 2.00 bits per heavy atom. The number of rotatable bonds is 4. The highest BCUT2D eigenvalue weighted by Gasteiger charge is 2.43. The van der Waals surface area contributed by atoms with Crippen molar-refractivity contribution in [3.8, 4) is 0 Å². The summed E-state index contributed by atoms with van der Waals surface area (Å²) in [5.41, 5.74) is -1.74. The molecule has 0 atom stereocenters. The third kappa shape index (κ3) is 3.13. The van der Waals surface area contributed by atoms with Gasteiger partial charge >= 0.3 is 11.9 Å². The fourth-order valence-electron chi connectivity index (χ4n) is 2.15. The molecule has 0 spiro atoms. The topological polar surface area (TPSA) is 121 Å². The second kappa shape index (κ2) is 6.81. The number of hydrogen-bond donors (Lipinski definition) is 0. The molecule has 25 heavy (non-hydrogen) atoms. The molecule has 130 valence electrons. The van der Waals surface area contributed by atoms with Gasteiger partial charge in [-0.15, -0.1) is 0 Å². The Balaban J connectivity index is 2.79. The number of ketones is 2. The molecular formula is C16H12O8S. The monoisotopic (exact) mass is 364 g/mol. The van der Waals surface area contributed by atoms with Crippen LogP contribution < -0.4 is 0 Å². The maximum atomic E-state index is 12.8. The molecule has 0 heterocycles. The van der Waals surface area contributed by atoms with Crippen molar-refractivity contribution in [1.29, 1.82) is 0 Å². The lowest BCUT2D eigenvalue weighted by molar-refractivity contribution is -0.140. The minimum absolute atomic E-state index is 0.321. The van der Waals surface area contributed by atoms with Gasteiger partial charge in [0.25, 0.3) is 0 Å². The third-order valence-electron chi connectivity index (χ3n) is 3.32. The normalized spacial score (nSPS) is 14.9. The van der Waals surface area contributed by atoms with Crippen LogP contribution in [0.5, 0.6) is 0 Å². The molecule has 0 unspecified atom stereocenters. The summed E-state index contributed by atoms with van der Waals surface area (Å²) >= 11 is 0. The fourth-order valence-corrected chi connectivity index (χ4v) is 3.71. The maximum absolute atomic E-state index is 12.8. The molecule has 0 N–H and O–H groups in total. The predicted octanol–water partition coefficient (Wildman–Crippen LogP) is 0.139. The molecule has 1 aromatic carbocycles. The molecule has 0 saturated carbocycles. The molecule has 0 aromatic heterocycles. The average Bonchev–Trinajstić information content (AvgIpc) is 2.62. The van der Waals surface area contributed by atoms with Crippen LogP contribution in [0.4, 0.5) is 0 Å². The Labute approximate surface area is 142 Å². The summed E-state index contributed by atoms with van der Waals surface area (Å²) in [4.78, 5) is 46.9. The van der Waals surface area contributed by atoms with Gasteiger partial charge in [0.1, 0.15) is 16.1 Å². The molecular weight excluding hydrogens is 352 g/mol. The van der Waals surface area contributed by atoms with Gasteiger partial charge in [-0.05, 0) is 12.1 Å². The molecule has 0 radical (unpaired) electrons. The van der Waals surface area contributed by atoms with E-state index in [0.717, 1.165) is 14.2 Å². The van der Waals surface area contributed by atoms with E-state index < -0.39 is 49.4 Å². The summed E-state index contributed by atoms with van der Waals surface area (Å²) in [6, 6.07) is 6.72. The predicted molar refractivity (Wildman–Crippen MR) is 82.8 cm³/mol. The second-order valence-electron chi connectivity index (χ2n) is 4.76. The molecule has 0 saturated heterocycles. The van der Waals surface area contributed by atoms with Crippen molar-refractivity contribution in [2.24, 2.45) is 0 Å². The second-order valence-corrected chi connectivity index (χ2v) is 6.64. The van der Waals surface area contributed by atoms with Crippen LogP contribution >= 0.6 is 0 Å². The Bertz CT molecular complexity index is 936. The van der Waals surface area contributed by atoms with Gasteiger partial charge in [0, 0.05) is 6.08 Å². The fraction of sp³-hybridized carbons (Fsp3) is 0.125. The van der Waals surface area contributed by atoms with Gasteiger partial charge in [0.15, 0.2) is 5.78 Å². The lowest BCUT2D eigenvalue weighted by Crippen LogP contribution is -2.32. The van der Waals surface area contributed by atoms with Crippen molar-refractivity contribution in [1.82, 2.24) is 0 Å². The number of hydrogen-bond acceptors (Lipinski definition) is 8. The van der Waals surface area contributed by atoms with E-state index in [1.165, 1.54) is 24.3 Å². The number of ether oxygens (including phenoxy) is 2. The van der Waals surface area contributed by atoms with Gasteiger partial charge < -0.3 is 9.47 Å². The number of allylic oxidation sites excluding steroid dienone is 2. The number of benzene rings is 1. The van der Waals surface area contributed by atoms with Crippen molar-refractivity contribution < 1.29 is 37.1 Å². The highest BCUT2D eigenvalue weighted by molar-refractivity contribution is 7.96. The molecule has 1 aromatic rings. The first-order valence-electron chi connectivity index (χ1n) is 6.77. The van der Waals surface area contributed by atoms with Crippen LogP contribution in [0.2, 0.25) is 0 Å². The van der Waals surface area contributed by atoms with Crippen molar-refractivity contribution in [3.05, 3.63) is 52.5 Å². The highest BCUT2D eigenvalue weighted by atomic mass is 32.2. The zero-order valence-electron chi connectivity index (χ0n) is 13.1. The number of carbonyl (C=O) groups is 4. The van der Waals surface area contributed by atoms with Crippen molar-refractivity contribution >= 4 is 33.3 Å². The quantitative estimate of drug-likeness (QED) is 0.420. The lowest BCUT2D eigenvalue weighted by Gasteiger charge is -2.17. The average molecular weight is 364 g/mol. The van der Waals surface area contributed by atoms with Crippen LogP contribution in [-0.2, 0) is 38.5 Å². The summed E-state index contributed by atoms with van der Waals surface area (Å²) in [5.74, 6) is -4.94. The summed E-state index contributed by atoms with van der Waals surface area (Å²) in [6.45, 7) is 0. The summed E-state index contributed by atoms with van der Waals surface area (Å²) in [5, 5.41) is 0. The summed E-state index contributed by atoms with van der Waals surface area (Å²) < 4.78 is 34.4. The zero-order valence-corrected chi connectivity index (χ0v) is 14.0. The lowest BCUT2D eigenvalue weighted by atomic mass is 9.97. The Hall–Kier alpha value is -3.07. The Morgan fingerprint density at radius 1 is 0.920 bits per heavy atom. The van der Waals surface area contributed by atoms with Gasteiger partial charge in [-0.25, -0.2) is 18.0 Å². The number of sulfone groups is 1. The van der Waals surface area contributed by atoms with Gasteiger partial charge in [-0.3, -0.25) is 9.59 Å². The van der Waals surface area contributed by atoms with E-state index in [-0.39, 0.29) is 4.90 Å². The van der Waals surface area contributed by atoms with Crippen molar-refractivity contribution in [3.63, 3.8) is 0 Å². The van der Waals surface area contributed by atoms with E-state index in [1.54, 1.807) is 6.07 Å². The van der Waals surface area contributed by atoms with Crippen LogP contribution in [0.3, 0.4) is 0 Å². The van der Waals surface area contributed by atoms with Crippen LogP contribution in [0.1, 0.15) is 0 Å². The van der Waals surface area contributed by atoms with Crippen molar-refractivity contribution in [2.75, 3.05) is 14.2 Å². The molecule has 0 amide bonds. The maximum Gasteiger partial charge on any atom is 0.343 e. The minimum Gasteiger partial charge on any atom is -0.465 e. The number of carbonyl (C=O) groups excluding carboxylic acids is 4. The van der Waals surface area contributed by atoms with E-state index in [0.29, 0.717) is 6.08 Å². The number of Topliss-reactive ketones (excluding diaryl/α,β-unsaturated/α-hetero) is 1. The van der Waals surface area contributed by atoms with E-state index in [2.05, 4.69) is 9.47 Å². The van der Waals surface area contributed by atoms with Gasteiger partial charge in [-0.2, -0.15) is 0 Å². The number of methoxy groups -OCH3 is 2. The van der Waals surface area contributed by atoms with Gasteiger partial charge in [0.05, 0.1) is 19.1 Å². The van der Waals surface area contributed by atoms with Crippen LogP contribution in [0.15, 0.2) is 57.4 Å². The first kappa shape index (κ1) is 18.3. The van der Waals surface area contributed by atoms with E-state index in [1.807, 2.05) is 0 Å². The molecule has 9 heteroatoms. The van der Waals surface area contributed by atoms with Gasteiger partial charge in [-0.1, -0.05) is 18.2 Å². The standard InChI is InChI=1S/C16H12O8S/c1-23-15(19)10-8-11(17)12(16(20)24-2)14(13(10)18)25(21,22)9-6-4-3-5-7-9/h3-8H,1-2H3. The number of esters is 2. The minimum atomic E-state index is -4.56. The molecule has 0 aliphatic heterocycles. The summed E-state index contributed by atoms with van der Waals surface area (Å²) in [6.07, 6.45) is 0.560. The Morgan fingerprint density at radius 2 is 1.48 bits per heavy atom. The molecule has 1 aliphatic rings. The molecule has 2 rings (SSSR count). The first-order valence-corrected chi connectivity index (χ1v) is 8.25. The van der Waals surface area contributed by atoms with Crippen LogP contribution in [0, 0.1) is 0 Å². The summed E-state index contributed by atoms with van der Waals surface area (Å²) in [7, 11) is -2.67. The third-order valence-corrected chi connectivity index (χ3v) is 5.14. The SMILES string of the molecule is COC(=O)C1=CC(=O)C(C(=O)OC)=C(S(=O)(=O)c2ccccc2)C1=O. The van der Waals surface area contributed by atoms with Crippen LogP contribution in [0.25, 0.3) is 0 Å². The van der Waals surface area contributed by atoms with E-state index in [4.69, 9.17) is 0 Å². The molecule has 8 nitrogen and oxygen atoms in total. The molecule has 0 bridgehead atoms. The molecule has 0 fully saturated rings. The smallest absolute Gasteiger partial charge is 0.343 e. The van der Waals surface area contributed by atoms with Crippen LogP contribution in [-0.4, -0.2) is 46.1 Å². The highest BCUT2D eigenvalue weighted by Crippen LogP contribution is 2.30. The van der Waals surface area contributed by atoms with E-state index in [9.17, 15) is 27.6 Å². The largest absolute Gasteiger partial charge is 0.465 e. The molecule has 1 aliphatic carbocycles. The van der Waals surface area contributed by atoms with E-state index >= 15 is 0 Å². The zero-order chi connectivity index (χ0) is 18.8. The first-order chi connectivity index (χ1) is 11.8. The Kier molecular flexibility index (Phi) is 4.98. The van der Waals surface area contributed by atoms with Gasteiger partial charge in [0.2, 0.25) is 15.6 Å².